The Kier molecular flexibility index (Phi) is 48.9. The Labute approximate surface area is 402 Å². The molecule has 0 aromatic rings. The molecule has 0 bridgehead atoms. The fourth-order valence-electron chi connectivity index (χ4n) is 3.70. The van der Waals surface area contributed by atoms with Crippen molar-refractivity contribution in [2.24, 2.45) is 0 Å². The Morgan fingerprint density at radius 2 is 0.885 bits per heavy atom. The van der Waals surface area contributed by atoms with E-state index < -0.39 is 43.6 Å². The number of carbonyl (C=O) groups excluding carboxylic acids is 1. The molecule has 0 amide bonds. The van der Waals surface area contributed by atoms with Gasteiger partial charge in [0.15, 0.2) is 20.2 Å². The van der Waals surface area contributed by atoms with Crippen molar-refractivity contribution in [3.8, 4) is 0 Å². The zero-order valence-corrected chi connectivity index (χ0v) is 40.7. The number of unbranched alkanes of at least 4 members (excludes halogenated alkanes) is 6. The van der Waals surface area contributed by atoms with Gasteiger partial charge in [0.05, 0.1) is 13.3 Å². The number of carbonyl (C=O) groups is 1. The number of hydrogen-bond acceptors (Lipinski definition) is 11. The Balaban J connectivity index is -0.0000000982. The summed E-state index contributed by atoms with van der Waals surface area (Å²) in [6.07, 6.45) is 2.16. The summed E-state index contributed by atoms with van der Waals surface area (Å²) in [6.45, 7) is 17.7. The molecule has 2 aliphatic rings. The number of rotatable bonds is 14. The molecule has 0 atom stereocenters. The topological polar surface area (TPSA) is 144 Å². The summed E-state index contributed by atoms with van der Waals surface area (Å²) < 4.78 is 145. The monoisotopic (exact) mass is 909 g/mol. The number of halogens is 10. The first-order chi connectivity index (χ1) is 21.8. The summed E-state index contributed by atoms with van der Waals surface area (Å²) in [5.74, 6) is 0.167. The molecule has 2 saturated heterocycles. The van der Waals surface area contributed by atoms with E-state index in [1.165, 1.54) is 118 Å². The molecule has 308 valence electrons. The van der Waals surface area contributed by atoms with Gasteiger partial charge in [-0.2, -0.15) is 17.6 Å². The van der Waals surface area contributed by atoms with E-state index >= 15 is 0 Å². The van der Waals surface area contributed by atoms with E-state index in [-0.39, 0.29) is 133 Å². The number of nitrogens with zero attached hydrogens (tertiary/aromatic N) is 4. The number of ketones is 1. The van der Waals surface area contributed by atoms with E-state index in [4.69, 9.17) is 0 Å². The van der Waals surface area contributed by atoms with Crippen LogP contribution in [0.1, 0.15) is 79.1 Å². The van der Waals surface area contributed by atoms with Crippen LogP contribution in [0, 0.1) is 0 Å². The molecule has 25 heteroatoms. The second kappa shape index (κ2) is 36.7. The molecule has 2 fully saturated rings. The van der Waals surface area contributed by atoms with Gasteiger partial charge in [-0.15, -0.1) is 12.4 Å². The van der Waals surface area contributed by atoms with Crippen molar-refractivity contribution in [2.75, 3.05) is 66.7 Å². The van der Waals surface area contributed by atoms with Gasteiger partial charge < -0.3 is 26.3 Å². The minimum Gasteiger partial charge on any atom is -1.00 e. The predicted molar refractivity (Wildman–Crippen MR) is 171 cm³/mol. The van der Waals surface area contributed by atoms with Crippen LogP contribution in [0.15, 0.2) is 0 Å². The van der Waals surface area contributed by atoms with Gasteiger partial charge in [-0.05, 0) is 53.9 Å². The van der Waals surface area contributed by atoms with E-state index in [2.05, 4.69) is 47.5 Å². The van der Waals surface area contributed by atoms with E-state index in [9.17, 15) is 65.9 Å². The van der Waals surface area contributed by atoms with Crippen molar-refractivity contribution < 1.29 is 181 Å². The zero-order valence-electron chi connectivity index (χ0n) is 31.2. The van der Waals surface area contributed by atoms with Crippen molar-refractivity contribution in [3.63, 3.8) is 0 Å². The molecular weight excluding hydrogens is 858 g/mol. The standard InChI is InChI=1S/2C10H22N2.C3H6O.2C2H2F4O3S.2ClH.2K/c2*1-3-4-5-6-7-12-9-8-11(2)10-12;1-3(2)4;2*3-1(4)2(5,6)10(7,8)9;;;;/h2*3-10H2,1-2H3;1-2H3;2*1H,(H,7,8,9);2*1H;;/q;;;;;;;2*+1/p-3. The van der Waals surface area contributed by atoms with E-state index in [1.807, 2.05) is 0 Å². The van der Waals surface area contributed by atoms with Crippen molar-refractivity contribution in [3.05, 3.63) is 0 Å². The Bertz CT molecular complexity index is 1010. The fourth-order valence-corrected chi connectivity index (χ4v) is 4.13. The number of likely N-dealkylation sites (N-methyl/N-ethyl adjacent to an activating group) is 2. The first-order valence-corrected chi connectivity index (χ1v) is 18.1. The molecule has 2 rings (SSSR count). The normalized spacial score (nSPS) is 15.4. The molecule has 2 aliphatic heterocycles. The van der Waals surface area contributed by atoms with Crippen LogP contribution in [-0.2, 0) is 25.0 Å². The van der Waals surface area contributed by atoms with Gasteiger partial charge in [0.25, 0.3) is 0 Å². The average molecular weight is 911 g/mol. The smallest absolute Gasteiger partial charge is 1.00 e. The number of alkyl halides is 8. The van der Waals surface area contributed by atoms with Gasteiger partial charge in [-0.3, -0.25) is 19.6 Å². The summed E-state index contributed by atoms with van der Waals surface area (Å²) in [6, 6.07) is 0. The molecule has 0 aromatic carbocycles. The van der Waals surface area contributed by atoms with Crippen LogP contribution in [0.2, 0.25) is 0 Å². The molecular formula is C27H53Cl2F8K2N4O7S2-. The molecule has 0 aliphatic carbocycles. The third-order valence-corrected chi connectivity index (χ3v) is 8.00. The van der Waals surface area contributed by atoms with Crippen LogP contribution in [0.25, 0.3) is 0 Å². The van der Waals surface area contributed by atoms with Crippen LogP contribution in [-0.4, -0.2) is 141 Å². The van der Waals surface area contributed by atoms with Gasteiger partial charge in [-0.25, -0.2) is 34.4 Å². The van der Waals surface area contributed by atoms with Crippen molar-refractivity contribution >= 4 is 38.4 Å². The first-order valence-electron chi connectivity index (χ1n) is 15.3. The minimum absolute atomic E-state index is 0. The Morgan fingerprint density at radius 3 is 1.02 bits per heavy atom. The van der Waals surface area contributed by atoms with Crippen LogP contribution < -0.4 is 115 Å². The minimum atomic E-state index is -6.23. The molecule has 0 saturated carbocycles. The number of hydrogen-bond donors (Lipinski definition) is 0. The maximum absolute atomic E-state index is 11.4. The van der Waals surface area contributed by atoms with Crippen molar-refractivity contribution in [2.45, 2.75) is 102 Å². The summed E-state index contributed by atoms with van der Waals surface area (Å²) >= 11 is 0. The number of Topliss-reactive ketones (excluding diaryl/α,β-unsaturated/α-hetero) is 1. The average Bonchev–Trinajstić information content (AvgIpc) is 3.55. The first kappa shape index (κ1) is 69.3. The zero-order chi connectivity index (χ0) is 38.4. The molecule has 0 unspecified atom stereocenters. The van der Waals surface area contributed by atoms with Gasteiger partial charge in [0.2, 0.25) is 0 Å². The molecule has 0 aromatic heterocycles. The van der Waals surface area contributed by atoms with Crippen LogP contribution in [0.3, 0.4) is 0 Å². The quantitative estimate of drug-likeness (QED) is 0.0738. The molecule has 52 heavy (non-hydrogen) atoms. The summed E-state index contributed by atoms with van der Waals surface area (Å²) in [5.41, 5.74) is 0. The van der Waals surface area contributed by atoms with Crippen molar-refractivity contribution in [1.29, 1.82) is 0 Å². The van der Waals surface area contributed by atoms with Gasteiger partial charge in [0.1, 0.15) is 5.78 Å². The maximum Gasteiger partial charge on any atom is 1.00 e. The van der Waals surface area contributed by atoms with Gasteiger partial charge in [-0.1, -0.05) is 52.4 Å². The summed E-state index contributed by atoms with van der Waals surface area (Å²) in [4.78, 5) is 19.3. The molecule has 11 nitrogen and oxygen atoms in total. The Hall–Kier alpha value is 2.62. The van der Waals surface area contributed by atoms with E-state index in [0.29, 0.717) is 0 Å². The van der Waals surface area contributed by atoms with E-state index in [1.54, 1.807) is 0 Å². The maximum atomic E-state index is 11.4. The molecule has 0 radical (unpaired) electrons. The predicted octanol–water partition coefficient (Wildman–Crippen LogP) is -3.65. The third kappa shape index (κ3) is 35.8. The van der Waals surface area contributed by atoms with Crippen molar-refractivity contribution in [1.82, 2.24) is 19.6 Å². The summed E-state index contributed by atoms with van der Waals surface area (Å²) in [7, 11) is -8.07. The van der Waals surface area contributed by atoms with Crippen LogP contribution >= 0.6 is 12.4 Å². The van der Waals surface area contributed by atoms with Crippen LogP contribution in [0.5, 0.6) is 0 Å². The SMILES string of the molecule is CC(C)=O.CCCCCCN1CCN(C)C1.CCCCCCN1CCN(C)C1.Cl.O=S(=O)([O-])C(F)(F)C(F)F.O=S(=O)([O-])C(F)(F)C(F)F.[Cl-].[K+].[K+]. The van der Waals surface area contributed by atoms with Gasteiger partial charge in [0, 0.05) is 26.2 Å². The Morgan fingerprint density at radius 1 is 0.635 bits per heavy atom. The third-order valence-electron chi connectivity index (χ3n) is 6.31. The molecule has 0 spiro atoms. The second-order valence-corrected chi connectivity index (χ2v) is 14.2. The van der Waals surface area contributed by atoms with E-state index in [0.717, 1.165) is 0 Å². The van der Waals surface area contributed by atoms with Crippen LogP contribution in [0.4, 0.5) is 35.1 Å². The molecule has 2 heterocycles. The summed E-state index contributed by atoms with van der Waals surface area (Å²) in [5, 5.41) is -11.0. The van der Waals surface area contributed by atoms with Gasteiger partial charge >= 0.3 is 126 Å². The molecule has 0 N–H and O–H groups in total. The fraction of sp³-hybridized carbons (Fsp3) is 0.963. The second-order valence-electron chi connectivity index (χ2n) is 11.3. The largest absolute Gasteiger partial charge is 1.00 e.